The van der Waals surface area contributed by atoms with Crippen molar-refractivity contribution in [3.63, 3.8) is 0 Å². The van der Waals surface area contributed by atoms with E-state index in [9.17, 15) is 24.6 Å². The van der Waals surface area contributed by atoms with Crippen LogP contribution in [0.2, 0.25) is 0 Å². The Morgan fingerprint density at radius 3 is 2.17 bits per heavy atom. The second-order valence-electron chi connectivity index (χ2n) is 8.64. The zero-order chi connectivity index (χ0) is 21.4. The fraction of sp³-hybridized carbons (Fsp3) is 0.348. The van der Waals surface area contributed by atoms with Crippen LogP contribution in [0.1, 0.15) is 49.8 Å². The maximum absolute atomic E-state index is 13.1. The van der Waals surface area contributed by atoms with Gasteiger partial charge in [-0.25, -0.2) is 0 Å². The molecule has 0 aliphatic heterocycles. The predicted octanol–water partition coefficient (Wildman–Crippen LogP) is 3.81. The summed E-state index contributed by atoms with van der Waals surface area (Å²) in [6, 6.07) is 14.4. The minimum absolute atomic E-state index is 0.146. The fourth-order valence-electron chi connectivity index (χ4n) is 3.80. The number of carboxylic acid groups (broad SMARTS) is 2. The molecular weight excluding hydrogens is 370 g/mol. The van der Waals surface area contributed by atoms with Crippen LogP contribution in [0.3, 0.4) is 0 Å². The maximum atomic E-state index is 13.1. The van der Waals surface area contributed by atoms with Crippen LogP contribution in [0, 0.1) is 5.41 Å². The summed E-state index contributed by atoms with van der Waals surface area (Å²) < 4.78 is 0. The van der Waals surface area contributed by atoms with E-state index in [1.165, 1.54) is 0 Å². The highest BCUT2D eigenvalue weighted by Gasteiger charge is 2.53. The highest BCUT2D eigenvalue weighted by Crippen LogP contribution is 2.44. The van der Waals surface area contributed by atoms with Gasteiger partial charge in [0.05, 0.1) is 5.92 Å². The Kier molecular flexibility index (Phi) is 5.22. The molecule has 2 aromatic carbocycles. The van der Waals surface area contributed by atoms with E-state index in [4.69, 9.17) is 0 Å². The van der Waals surface area contributed by atoms with Gasteiger partial charge in [0.2, 0.25) is 5.91 Å². The van der Waals surface area contributed by atoms with Gasteiger partial charge in [-0.15, -0.1) is 0 Å². The van der Waals surface area contributed by atoms with Crippen LogP contribution in [0.25, 0.3) is 0 Å². The number of fused-ring (bicyclic) bond motifs is 1. The van der Waals surface area contributed by atoms with Crippen LogP contribution in [-0.2, 0) is 26.2 Å². The Bertz CT molecular complexity index is 945. The lowest BCUT2D eigenvalue weighted by Crippen LogP contribution is -2.47. The third kappa shape index (κ3) is 3.88. The first-order valence-corrected chi connectivity index (χ1v) is 9.50. The van der Waals surface area contributed by atoms with E-state index in [0.717, 1.165) is 5.56 Å². The Morgan fingerprint density at radius 1 is 1.00 bits per heavy atom. The van der Waals surface area contributed by atoms with Crippen molar-refractivity contribution in [2.75, 3.05) is 5.32 Å². The number of para-hydroxylation sites is 1. The lowest BCUT2D eigenvalue weighted by Gasteiger charge is -2.36. The molecule has 3 rings (SSSR count). The van der Waals surface area contributed by atoms with Gasteiger partial charge in [0.25, 0.3) is 0 Å². The highest BCUT2D eigenvalue weighted by atomic mass is 16.4. The Morgan fingerprint density at radius 2 is 1.62 bits per heavy atom. The molecular formula is C23H25NO5. The molecule has 1 unspecified atom stereocenters. The number of carbonyl (C=O) groups excluding carboxylic acids is 1. The quantitative estimate of drug-likeness (QED) is 0.683. The van der Waals surface area contributed by atoms with Crippen molar-refractivity contribution in [1.82, 2.24) is 0 Å². The zero-order valence-electron chi connectivity index (χ0n) is 16.7. The van der Waals surface area contributed by atoms with Gasteiger partial charge >= 0.3 is 11.9 Å². The van der Waals surface area contributed by atoms with E-state index in [0.29, 0.717) is 16.8 Å². The van der Waals surface area contributed by atoms with E-state index < -0.39 is 29.2 Å². The summed E-state index contributed by atoms with van der Waals surface area (Å²) >= 11 is 0. The molecule has 0 heterocycles. The summed E-state index contributed by atoms with van der Waals surface area (Å²) in [6.07, 6.45) is -0.441. The molecule has 0 saturated carbocycles. The summed E-state index contributed by atoms with van der Waals surface area (Å²) in [6.45, 7) is 6.15. The van der Waals surface area contributed by atoms with Crippen LogP contribution in [-0.4, -0.2) is 28.1 Å². The van der Waals surface area contributed by atoms with Crippen molar-refractivity contribution < 1.29 is 24.6 Å². The first kappa shape index (κ1) is 20.6. The van der Waals surface area contributed by atoms with Crippen molar-refractivity contribution in [2.45, 2.75) is 44.9 Å². The largest absolute Gasteiger partial charge is 0.480 e. The molecule has 6 nitrogen and oxygen atoms in total. The average molecular weight is 395 g/mol. The van der Waals surface area contributed by atoms with Gasteiger partial charge in [-0.3, -0.25) is 14.4 Å². The third-order valence-corrected chi connectivity index (χ3v) is 5.61. The lowest BCUT2D eigenvalue weighted by molar-refractivity contribution is -0.166. The van der Waals surface area contributed by atoms with Gasteiger partial charge in [-0.2, -0.15) is 0 Å². The smallest absolute Gasteiger partial charge is 0.321 e. The van der Waals surface area contributed by atoms with E-state index in [1.807, 2.05) is 18.2 Å². The molecule has 29 heavy (non-hydrogen) atoms. The number of aliphatic carboxylic acids is 2. The summed E-state index contributed by atoms with van der Waals surface area (Å²) in [5.74, 6) is -4.13. The summed E-state index contributed by atoms with van der Waals surface area (Å²) in [5.41, 5.74) is 0.671. The highest BCUT2D eigenvalue weighted by molar-refractivity contribution is 6.02. The van der Waals surface area contributed by atoms with E-state index >= 15 is 0 Å². The second-order valence-corrected chi connectivity index (χ2v) is 8.64. The number of amides is 1. The molecule has 0 aromatic heterocycles. The number of hydrogen-bond acceptors (Lipinski definition) is 3. The summed E-state index contributed by atoms with van der Waals surface area (Å²) in [4.78, 5) is 37.1. The molecule has 6 heteroatoms. The molecule has 0 fully saturated rings. The first-order valence-electron chi connectivity index (χ1n) is 9.50. The number of hydrogen-bond donors (Lipinski definition) is 3. The van der Waals surface area contributed by atoms with Crippen LogP contribution >= 0.6 is 0 Å². The fourth-order valence-corrected chi connectivity index (χ4v) is 3.80. The average Bonchev–Trinajstić information content (AvgIpc) is 2.66. The maximum Gasteiger partial charge on any atom is 0.321 e. The van der Waals surface area contributed by atoms with E-state index in [2.05, 4.69) is 26.1 Å². The van der Waals surface area contributed by atoms with Gasteiger partial charge in [0.1, 0.15) is 0 Å². The SMILES string of the molecule is CC(C)(C)c1ccc2c(c1)C(C(=O)Nc1ccccc1)CC(C(=O)O)(C(=O)O)C2. The van der Waals surface area contributed by atoms with E-state index in [-0.39, 0.29) is 18.3 Å². The van der Waals surface area contributed by atoms with Crippen molar-refractivity contribution in [1.29, 1.82) is 0 Å². The topological polar surface area (TPSA) is 104 Å². The van der Waals surface area contributed by atoms with Gasteiger partial charge in [0.15, 0.2) is 5.41 Å². The molecule has 0 radical (unpaired) electrons. The molecule has 1 aliphatic rings. The van der Waals surface area contributed by atoms with Crippen molar-refractivity contribution in [3.05, 3.63) is 65.2 Å². The minimum atomic E-state index is -2.03. The predicted molar refractivity (Wildman–Crippen MR) is 109 cm³/mol. The Labute approximate surface area is 169 Å². The molecule has 0 spiro atoms. The summed E-state index contributed by atoms with van der Waals surface area (Å²) in [5, 5.41) is 22.3. The number of anilines is 1. The standard InChI is InChI=1S/C23H25NO5/c1-22(2,3)15-10-9-14-12-23(20(26)27,21(28)29)13-18(17(14)11-15)19(25)24-16-7-5-4-6-8-16/h4-11,18H,12-13H2,1-3H3,(H,24,25)(H,26,27)(H,28,29). The Balaban J connectivity index is 2.10. The molecule has 1 atom stereocenters. The normalized spacial score (nSPS) is 17.8. The number of carboxylic acids is 2. The molecule has 0 saturated heterocycles. The summed E-state index contributed by atoms with van der Waals surface area (Å²) in [7, 11) is 0. The molecule has 1 amide bonds. The lowest BCUT2D eigenvalue weighted by atomic mass is 9.65. The van der Waals surface area contributed by atoms with Crippen molar-refractivity contribution in [2.24, 2.45) is 5.41 Å². The van der Waals surface area contributed by atoms with Gasteiger partial charge < -0.3 is 15.5 Å². The number of nitrogens with one attached hydrogen (secondary N) is 1. The molecule has 1 aliphatic carbocycles. The minimum Gasteiger partial charge on any atom is -0.480 e. The van der Waals surface area contributed by atoms with Gasteiger partial charge in [0, 0.05) is 5.69 Å². The monoisotopic (exact) mass is 395 g/mol. The van der Waals surface area contributed by atoms with Crippen LogP contribution in [0.5, 0.6) is 0 Å². The Hall–Kier alpha value is -3.15. The van der Waals surface area contributed by atoms with Crippen LogP contribution in [0.4, 0.5) is 5.69 Å². The van der Waals surface area contributed by atoms with Crippen LogP contribution < -0.4 is 5.32 Å². The van der Waals surface area contributed by atoms with Gasteiger partial charge in [-0.1, -0.05) is 57.2 Å². The number of carbonyl (C=O) groups is 3. The molecule has 0 bridgehead atoms. The molecule has 3 N–H and O–H groups in total. The number of benzene rings is 2. The van der Waals surface area contributed by atoms with Crippen molar-refractivity contribution >= 4 is 23.5 Å². The second kappa shape index (κ2) is 7.35. The van der Waals surface area contributed by atoms with Crippen molar-refractivity contribution in [3.8, 4) is 0 Å². The third-order valence-electron chi connectivity index (χ3n) is 5.61. The first-order chi connectivity index (χ1) is 13.5. The van der Waals surface area contributed by atoms with E-state index in [1.54, 1.807) is 30.3 Å². The molecule has 152 valence electrons. The number of rotatable bonds is 4. The van der Waals surface area contributed by atoms with Crippen LogP contribution in [0.15, 0.2) is 48.5 Å². The van der Waals surface area contributed by atoms with Gasteiger partial charge in [-0.05, 0) is 47.1 Å². The molecule has 2 aromatic rings. The zero-order valence-corrected chi connectivity index (χ0v) is 16.7.